The third-order valence-electron chi connectivity index (χ3n) is 4.14. The number of nitrogens with one attached hydrogen (secondary N) is 2. The van der Waals surface area contributed by atoms with Gasteiger partial charge in [-0.1, -0.05) is 11.6 Å². The highest BCUT2D eigenvalue weighted by atomic mass is 35.5. The van der Waals surface area contributed by atoms with Crippen molar-refractivity contribution in [3.8, 4) is 5.75 Å². The summed E-state index contributed by atoms with van der Waals surface area (Å²) in [4.78, 5) is 14.4. The van der Waals surface area contributed by atoms with Gasteiger partial charge < -0.3 is 20.1 Å². The average molecular weight is 398 g/mol. The standard InChI is InChI=1S/C20H32ClN3O3/c1-20(2,3)23-19(25)15-27-18-6-5-17(21)13-16(18)14-22-7-4-8-24-9-11-26-12-10-24/h5-6,13,22H,4,7-12,14-15H2,1-3H3,(H,23,25). The van der Waals surface area contributed by atoms with Crippen LogP contribution in [0.4, 0.5) is 0 Å². The molecule has 0 bridgehead atoms. The van der Waals surface area contributed by atoms with E-state index < -0.39 is 0 Å². The first kappa shape index (κ1) is 22.0. The van der Waals surface area contributed by atoms with Crippen molar-refractivity contribution < 1.29 is 14.3 Å². The summed E-state index contributed by atoms with van der Waals surface area (Å²) in [7, 11) is 0. The topological polar surface area (TPSA) is 62.8 Å². The van der Waals surface area contributed by atoms with Gasteiger partial charge in [0.25, 0.3) is 5.91 Å². The minimum Gasteiger partial charge on any atom is -0.483 e. The van der Waals surface area contributed by atoms with Gasteiger partial charge in [0.05, 0.1) is 13.2 Å². The minimum atomic E-state index is -0.273. The summed E-state index contributed by atoms with van der Waals surface area (Å²) in [6.07, 6.45) is 1.07. The van der Waals surface area contributed by atoms with E-state index in [9.17, 15) is 4.79 Å². The van der Waals surface area contributed by atoms with Gasteiger partial charge >= 0.3 is 0 Å². The second-order valence-electron chi connectivity index (χ2n) is 7.82. The Morgan fingerprint density at radius 3 is 2.74 bits per heavy atom. The van der Waals surface area contributed by atoms with E-state index in [0.717, 1.165) is 51.4 Å². The first-order valence-corrected chi connectivity index (χ1v) is 9.94. The Morgan fingerprint density at radius 1 is 1.30 bits per heavy atom. The van der Waals surface area contributed by atoms with Crippen LogP contribution < -0.4 is 15.4 Å². The molecule has 0 unspecified atom stereocenters. The fourth-order valence-electron chi connectivity index (χ4n) is 2.90. The molecule has 1 aromatic carbocycles. The number of morpholine rings is 1. The summed E-state index contributed by atoms with van der Waals surface area (Å²) >= 11 is 6.13. The molecular formula is C20H32ClN3O3. The maximum Gasteiger partial charge on any atom is 0.258 e. The Labute approximate surface area is 167 Å². The Hall–Kier alpha value is -1.34. The van der Waals surface area contributed by atoms with Crippen LogP contribution >= 0.6 is 11.6 Å². The molecule has 1 fully saturated rings. The smallest absolute Gasteiger partial charge is 0.258 e. The number of carbonyl (C=O) groups is 1. The molecular weight excluding hydrogens is 366 g/mol. The van der Waals surface area contributed by atoms with Gasteiger partial charge in [-0.05, 0) is 58.5 Å². The SMILES string of the molecule is CC(C)(C)NC(=O)COc1ccc(Cl)cc1CNCCCN1CCOCC1. The molecule has 0 aromatic heterocycles. The third kappa shape index (κ3) is 8.93. The number of amides is 1. The lowest BCUT2D eigenvalue weighted by molar-refractivity contribution is -0.124. The van der Waals surface area contributed by atoms with Crippen LogP contribution in [0, 0.1) is 0 Å². The molecule has 7 heteroatoms. The molecule has 152 valence electrons. The molecule has 0 radical (unpaired) electrons. The van der Waals surface area contributed by atoms with E-state index in [0.29, 0.717) is 17.3 Å². The van der Waals surface area contributed by atoms with E-state index in [4.69, 9.17) is 21.1 Å². The van der Waals surface area contributed by atoms with E-state index in [2.05, 4.69) is 15.5 Å². The van der Waals surface area contributed by atoms with Crippen LogP contribution in [-0.4, -0.2) is 62.3 Å². The van der Waals surface area contributed by atoms with Gasteiger partial charge in [0.15, 0.2) is 6.61 Å². The number of hydrogen-bond acceptors (Lipinski definition) is 5. The Morgan fingerprint density at radius 2 is 2.04 bits per heavy atom. The lowest BCUT2D eigenvalue weighted by atomic mass is 10.1. The van der Waals surface area contributed by atoms with Crippen molar-refractivity contribution in [3.05, 3.63) is 28.8 Å². The zero-order chi connectivity index (χ0) is 19.7. The number of nitrogens with zero attached hydrogens (tertiary/aromatic N) is 1. The van der Waals surface area contributed by atoms with Crippen LogP contribution in [0.15, 0.2) is 18.2 Å². The fraction of sp³-hybridized carbons (Fsp3) is 0.650. The van der Waals surface area contributed by atoms with Gasteiger partial charge in [0.2, 0.25) is 0 Å². The molecule has 0 aliphatic carbocycles. The monoisotopic (exact) mass is 397 g/mol. The summed E-state index contributed by atoms with van der Waals surface area (Å²) in [6.45, 7) is 12.2. The van der Waals surface area contributed by atoms with Gasteiger partial charge in [-0.15, -0.1) is 0 Å². The summed E-state index contributed by atoms with van der Waals surface area (Å²) in [5, 5.41) is 6.99. The molecule has 2 rings (SSSR count). The average Bonchev–Trinajstić information content (AvgIpc) is 2.60. The van der Waals surface area contributed by atoms with E-state index in [1.165, 1.54) is 0 Å². The molecule has 2 N–H and O–H groups in total. The van der Waals surface area contributed by atoms with Crippen molar-refractivity contribution >= 4 is 17.5 Å². The quantitative estimate of drug-likeness (QED) is 0.627. The van der Waals surface area contributed by atoms with Crippen molar-refractivity contribution in [1.29, 1.82) is 0 Å². The predicted molar refractivity (Wildman–Crippen MR) is 108 cm³/mol. The minimum absolute atomic E-state index is 0.0110. The van der Waals surface area contributed by atoms with E-state index >= 15 is 0 Å². The van der Waals surface area contributed by atoms with Crippen molar-refractivity contribution in [1.82, 2.24) is 15.5 Å². The van der Waals surface area contributed by atoms with Crippen LogP contribution in [0.1, 0.15) is 32.8 Å². The number of benzene rings is 1. The molecule has 0 saturated carbocycles. The van der Waals surface area contributed by atoms with Gasteiger partial charge in [-0.2, -0.15) is 0 Å². The Kier molecular flexibility index (Phi) is 8.83. The molecule has 0 spiro atoms. The predicted octanol–water partition coefficient (Wildman–Crippen LogP) is 2.45. The van der Waals surface area contributed by atoms with Crippen molar-refractivity contribution in [2.75, 3.05) is 46.0 Å². The summed E-state index contributed by atoms with van der Waals surface area (Å²) in [5.41, 5.74) is 0.683. The highest BCUT2D eigenvalue weighted by Crippen LogP contribution is 2.23. The first-order valence-electron chi connectivity index (χ1n) is 9.56. The Balaban J connectivity index is 1.76. The molecule has 0 atom stereocenters. The van der Waals surface area contributed by atoms with Gasteiger partial charge in [0.1, 0.15) is 5.75 Å². The number of halogens is 1. The maximum absolute atomic E-state index is 12.0. The van der Waals surface area contributed by atoms with E-state index in [1.807, 2.05) is 32.9 Å². The zero-order valence-corrected chi connectivity index (χ0v) is 17.4. The van der Waals surface area contributed by atoms with Gasteiger partial charge in [0, 0.05) is 35.8 Å². The number of rotatable bonds is 9. The van der Waals surface area contributed by atoms with Crippen molar-refractivity contribution in [2.45, 2.75) is 39.3 Å². The van der Waals surface area contributed by atoms with Crippen molar-refractivity contribution in [3.63, 3.8) is 0 Å². The molecule has 1 amide bonds. The fourth-order valence-corrected chi connectivity index (χ4v) is 3.09. The normalized spacial score (nSPS) is 15.6. The lowest BCUT2D eigenvalue weighted by Gasteiger charge is -2.26. The highest BCUT2D eigenvalue weighted by Gasteiger charge is 2.15. The molecule has 1 heterocycles. The van der Waals surface area contributed by atoms with Crippen LogP contribution in [0.2, 0.25) is 5.02 Å². The first-order chi connectivity index (χ1) is 12.8. The van der Waals surface area contributed by atoms with Crippen LogP contribution in [-0.2, 0) is 16.1 Å². The number of ether oxygens (including phenoxy) is 2. The van der Waals surface area contributed by atoms with Crippen LogP contribution in [0.25, 0.3) is 0 Å². The van der Waals surface area contributed by atoms with E-state index in [-0.39, 0.29) is 18.1 Å². The molecule has 1 aliphatic heterocycles. The highest BCUT2D eigenvalue weighted by molar-refractivity contribution is 6.30. The van der Waals surface area contributed by atoms with E-state index in [1.54, 1.807) is 6.07 Å². The largest absolute Gasteiger partial charge is 0.483 e. The Bertz CT molecular complexity index is 599. The molecule has 27 heavy (non-hydrogen) atoms. The number of hydrogen-bond donors (Lipinski definition) is 2. The molecule has 1 saturated heterocycles. The zero-order valence-electron chi connectivity index (χ0n) is 16.6. The maximum atomic E-state index is 12.0. The summed E-state index contributed by atoms with van der Waals surface area (Å²) in [5.74, 6) is 0.547. The van der Waals surface area contributed by atoms with Crippen LogP contribution in [0.3, 0.4) is 0 Å². The van der Waals surface area contributed by atoms with Crippen LogP contribution in [0.5, 0.6) is 5.75 Å². The number of carbonyl (C=O) groups excluding carboxylic acids is 1. The molecule has 6 nitrogen and oxygen atoms in total. The second-order valence-corrected chi connectivity index (χ2v) is 8.26. The summed E-state index contributed by atoms with van der Waals surface area (Å²) in [6, 6.07) is 5.48. The molecule has 1 aliphatic rings. The van der Waals surface area contributed by atoms with Crippen molar-refractivity contribution in [2.24, 2.45) is 0 Å². The lowest BCUT2D eigenvalue weighted by Crippen LogP contribution is -2.43. The third-order valence-corrected chi connectivity index (χ3v) is 4.38. The summed E-state index contributed by atoms with van der Waals surface area (Å²) < 4.78 is 11.1. The molecule has 1 aromatic rings. The van der Waals surface area contributed by atoms with Gasteiger partial charge in [-0.3, -0.25) is 9.69 Å². The van der Waals surface area contributed by atoms with Gasteiger partial charge in [-0.25, -0.2) is 0 Å². The second kappa shape index (κ2) is 10.9.